The summed E-state index contributed by atoms with van der Waals surface area (Å²) in [6.45, 7) is 8.02. The molecule has 5 heteroatoms. The van der Waals surface area contributed by atoms with Crippen LogP contribution in [-0.2, 0) is 9.53 Å². The number of nitrogens with one attached hydrogen (secondary N) is 1. The Bertz CT molecular complexity index is 296. The molecule has 0 saturated heterocycles. The standard InChI is InChI=1S/C14H28N2O3/c1-11(12(17)16(5)6)9-7-8-10-15-13(18)19-14(2,3)4/h11H,7-10H2,1-6H3,(H,15,18)/t11-/m0/s1. The Balaban J connectivity index is 3.66. The van der Waals surface area contributed by atoms with Gasteiger partial charge < -0.3 is 15.0 Å². The first-order valence-corrected chi connectivity index (χ1v) is 6.81. The Morgan fingerprint density at radius 2 is 1.79 bits per heavy atom. The van der Waals surface area contributed by atoms with Crippen LogP contribution in [0, 0.1) is 5.92 Å². The molecule has 0 aromatic rings. The minimum atomic E-state index is -0.462. The molecule has 5 nitrogen and oxygen atoms in total. The molecule has 1 atom stereocenters. The van der Waals surface area contributed by atoms with E-state index < -0.39 is 5.60 Å². The summed E-state index contributed by atoms with van der Waals surface area (Å²) in [5.74, 6) is 0.191. The molecule has 0 rings (SSSR count). The summed E-state index contributed by atoms with van der Waals surface area (Å²) in [5, 5.41) is 2.71. The summed E-state index contributed by atoms with van der Waals surface area (Å²) in [6.07, 6.45) is 2.22. The van der Waals surface area contributed by atoms with E-state index in [2.05, 4.69) is 5.32 Å². The minimum absolute atomic E-state index is 0.0385. The smallest absolute Gasteiger partial charge is 0.407 e. The van der Waals surface area contributed by atoms with Crippen LogP contribution in [0.2, 0.25) is 0 Å². The van der Waals surface area contributed by atoms with E-state index in [1.54, 1.807) is 19.0 Å². The molecule has 0 radical (unpaired) electrons. The molecule has 0 aliphatic rings. The maximum atomic E-state index is 11.6. The highest BCUT2D eigenvalue weighted by molar-refractivity contribution is 5.77. The topological polar surface area (TPSA) is 58.6 Å². The Labute approximate surface area is 116 Å². The van der Waals surface area contributed by atoms with E-state index in [0.29, 0.717) is 6.54 Å². The largest absolute Gasteiger partial charge is 0.444 e. The first-order chi connectivity index (χ1) is 8.63. The third-order valence-corrected chi connectivity index (χ3v) is 2.59. The average Bonchev–Trinajstić information content (AvgIpc) is 2.24. The van der Waals surface area contributed by atoms with Gasteiger partial charge in [0.1, 0.15) is 5.60 Å². The number of hydrogen-bond donors (Lipinski definition) is 1. The van der Waals surface area contributed by atoms with Gasteiger partial charge in [-0.15, -0.1) is 0 Å². The van der Waals surface area contributed by atoms with Crippen molar-refractivity contribution in [2.45, 2.75) is 52.6 Å². The number of rotatable bonds is 6. The van der Waals surface area contributed by atoms with Crippen LogP contribution in [0.1, 0.15) is 47.0 Å². The number of amides is 2. The van der Waals surface area contributed by atoms with Crippen LogP contribution < -0.4 is 5.32 Å². The van der Waals surface area contributed by atoms with Gasteiger partial charge in [-0.2, -0.15) is 0 Å². The Kier molecular flexibility index (Phi) is 7.49. The van der Waals surface area contributed by atoms with Gasteiger partial charge in [0.05, 0.1) is 0 Å². The van der Waals surface area contributed by atoms with Gasteiger partial charge in [-0.1, -0.05) is 13.3 Å². The molecule has 0 aliphatic carbocycles. The summed E-state index contributed by atoms with van der Waals surface area (Å²) >= 11 is 0. The molecular weight excluding hydrogens is 244 g/mol. The van der Waals surface area contributed by atoms with Crippen molar-refractivity contribution in [3.8, 4) is 0 Å². The van der Waals surface area contributed by atoms with Crippen molar-refractivity contribution >= 4 is 12.0 Å². The zero-order chi connectivity index (χ0) is 15.1. The summed E-state index contributed by atoms with van der Waals surface area (Å²) in [6, 6.07) is 0. The van der Waals surface area contributed by atoms with Crippen molar-refractivity contribution in [3.05, 3.63) is 0 Å². The molecule has 0 aromatic carbocycles. The zero-order valence-corrected chi connectivity index (χ0v) is 13.1. The second-order valence-electron chi connectivity index (χ2n) is 6.06. The number of nitrogens with zero attached hydrogens (tertiary/aromatic N) is 1. The van der Waals surface area contributed by atoms with Crippen molar-refractivity contribution in [1.29, 1.82) is 0 Å². The lowest BCUT2D eigenvalue weighted by Gasteiger charge is -2.19. The second kappa shape index (κ2) is 8.02. The monoisotopic (exact) mass is 272 g/mol. The highest BCUT2D eigenvalue weighted by Crippen LogP contribution is 2.10. The van der Waals surface area contributed by atoms with Crippen molar-refractivity contribution in [1.82, 2.24) is 10.2 Å². The van der Waals surface area contributed by atoms with E-state index in [9.17, 15) is 9.59 Å². The predicted molar refractivity (Wildman–Crippen MR) is 75.9 cm³/mol. The van der Waals surface area contributed by atoms with Crippen molar-refractivity contribution in [2.24, 2.45) is 5.92 Å². The number of ether oxygens (including phenoxy) is 1. The number of alkyl carbamates (subject to hydrolysis) is 1. The van der Waals surface area contributed by atoms with Crippen LogP contribution in [0.15, 0.2) is 0 Å². The van der Waals surface area contributed by atoms with Gasteiger partial charge in [0.15, 0.2) is 0 Å². The maximum absolute atomic E-state index is 11.6. The van der Waals surface area contributed by atoms with E-state index in [1.807, 2.05) is 27.7 Å². The van der Waals surface area contributed by atoms with Gasteiger partial charge in [-0.05, 0) is 33.6 Å². The fourth-order valence-corrected chi connectivity index (χ4v) is 1.64. The lowest BCUT2D eigenvalue weighted by atomic mass is 10.0. The Morgan fingerprint density at radius 3 is 2.26 bits per heavy atom. The Hall–Kier alpha value is -1.26. The number of hydrogen-bond acceptors (Lipinski definition) is 3. The Morgan fingerprint density at radius 1 is 1.21 bits per heavy atom. The normalized spacial score (nSPS) is 12.7. The van der Waals surface area contributed by atoms with Gasteiger partial charge >= 0.3 is 6.09 Å². The molecule has 0 heterocycles. The molecule has 2 amide bonds. The number of carbonyl (C=O) groups is 2. The van der Waals surface area contributed by atoms with E-state index >= 15 is 0 Å². The van der Waals surface area contributed by atoms with Gasteiger partial charge in [-0.25, -0.2) is 4.79 Å². The predicted octanol–water partition coefficient (Wildman–Crippen LogP) is 2.41. The molecule has 1 N–H and O–H groups in total. The summed E-state index contributed by atoms with van der Waals surface area (Å²) < 4.78 is 5.12. The third kappa shape index (κ3) is 9.33. The van der Waals surface area contributed by atoms with Gasteiger partial charge in [0, 0.05) is 26.6 Å². The SMILES string of the molecule is C[C@@H](CCCCNC(=O)OC(C)(C)C)C(=O)N(C)C. The average molecular weight is 272 g/mol. The second-order valence-corrected chi connectivity index (χ2v) is 6.06. The van der Waals surface area contributed by atoms with Crippen LogP contribution in [0.5, 0.6) is 0 Å². The molecule has 0 unspecified atom stereocenters. The van der Waals surface area contributed by atoms with Crippen LogP contribution >= 0.6 is 0 Å². The van der Waals surface area contributed by atoms with Crippen molar-refractivity contribution < 1.29 is 14.3 Å². The molecule has 0 aliphatic heterocycles. The molecular formula is C14H28N2O3. The lowest BCUT2D eigenvalue weighted by Crippen LogP contribution is -2.33. The highest BCUT2D eigenvalue weighted by atomic mass is 16.6. The molecule has 112 valence electrons. The van der Waals surface area contributed by atoms with E-state index in [-0.39, 0.29) is 17.9 Å². The minimum Gasteiger partial charge on any atom is -0.444 e. The van der Waals surface area contributed by atoms with Crippen molar-refractivity contribution in [3.63, 3.8) is 0 Å². The quantitative estimate of drug-likeness (QED) is 0.755. The number of unbranched alkanes of at least 4 members (excludes halogenated alkanes) is 1. The molecule has 0 bridgehead atoms. The van der Waals surface area contributed by atoms with Gasteiger partial charge in [0.25, 0.3) is 0 Å². The van der Waals surface area contributed by atoms with Crippen molar-refractivity contribution in [2.75, 3.05) is 20.6 Å². The third-order valence-electron chi connectivity index (χ3n) is 2.59. The van der Waals surface area contributed by atoms with E-state index in [0.717, 1.165) is 19.3 Å². The fourth-order valence-electron chi connectivity index (χ4n) is 1.64. The van der Waals surface area contributed by atoms with E-state index in [1.165, 1.54) is 0 Å². The molecule has 0 aromatic heterocycles. The molecule has 0 spiro atoms. The van der Waals surface area contributed by atoms with Crippen LogP contribution in [-0.4, -0.2) is 43.1 Å². The van der Waals surface area contributed by atoms with Gasteiger partial charge in [0.2, 0.25) is 5.91 Å². The highest BCUT2D eigenvalue weighted by Gasteiger charge is 2.16. The van der Waals surface area contributed by atoms with Crippen LogP contribution in [0.4, 0.5) is 4.79 Å². The number of carbonyl (C=O) groups excluding carboxylic acids is 2. The zero-order valence-electron chi connectivity index (χ0n) is 13.1. The molecule has 0 fully saturated rings. The lowest BCUT2D eigenvalue weighted by molar-refractivity contribution is -0.132. The van der Waals surface area contributed by atoms with E-state index in [4.69, 9.17) is 4.74 Å². The van der Waals surface area contributed by atoms with Crippen LogP contribution in [0.25, 0.3) is 0 Å². The summed E-state index contributed by atoms with van der Waals surface area (Å²) in [7, 11) is 3.53. The molecule has 19 heavy (non-hydrogen) atoms. The summed E-state index contributed by atoms with van der Waals surface area (Å²) in [4.78, 5) is 24.6. The maximum Gasteiger partial charge on any atom is 0.407 e. The fraction of sp³-hybridized carbons (Fsp3) is 0.857. The van der Waals surface area contributed by atoms with Gasteiger partial charge in [-0.3, -0.25) is 4.79 Å². The molecule has 0 saturated carbocycles. The first kappa shape index (κ1) is 17.7. The first-order valence-electron chi connectivity index (χ1n) is 6.81. The van der Waals surface area contributed by atoms with Crippen LogP contribution in [0.3, 0.4) is 0 Å². The summed E-state index contributed by atoms with van der Waals surface area (Å²) in [5.41, 5.74) is -0.462.